The normalized spacial score (nSPS) is 12.3. The maximum Gasteiger partial charge on any atom is 0.347 e. The molecular weight excluding hydrogens is 412 g/mol. The molecule has 3 N–H and O–H groups in total. The topological polar surface area (TPSA) is 105 Å². The summed E-state index contributed by atoms with van der Waals surface area (Å²) in [6.07, 6.45) is 0.183. The number of ether oxygens (including phenoxy) is 3. The molecule has 1 aliphatic rings. The molecule has 0 atom stereocenters. The van der Waals surface area contributed by atoms with Gasteiger partial charge in [-0.2, -0.15) is 0 Å². The number of hydrogen-bond donors (Lipinski definition) is 3. The van der Waals surface area contributed by atoms with Gasteiger partial charge in [0.1, 0.15) is 34.3 Å². The number of rotatable bonds is 3. The van der Waals surface area contributed by atoms with E-state index in [-0.39, 0.29) is 40.7 Å². The average molecular weight is 436 g/mol. The van der Waals surface area contributed by atoms with E-state index in [9.17, 15) is 20.1 Å². The van der Waals surface area contributed by atoms with Crippen molar-refractivity contribution >= 4 is 5.97 Å². The van der Waals surface area contributed by atoms with E-state index in [4.69, 9.17) is 14.2 Å². The van der Waals surface area contributed by atoms with E-state index in [1.807, 2.05) is 6.92 Å². The molecule has 1 aliphatic heterocycles. The largest absolute Gasteiger partial charge is 0.508 e. The Morgan fingerprint density at radius 2 is 1.47 bits per heavy atom. The lowest BCUT2D eigenvalue weighted by molar-refractivity contribution is 0.0735. The minimum absolute atomic E-state index is 0.00662. The van der Waals surface area contributed by atoms with Crippen LogP contribution in [0.25, 0.3) is 0 Å². The van der Waals surface area contributed by atoms with Crippen LogP contribution in [0.3, 0.4) is 0 Å². The van der Waals surface area contributed by atoms with E-state index >= 15 is 0 Å². The second-order valence-electron chi connectivity index (χ2n) is 8.00. The Morgan fingerprint density at radius 1 is 0.781 bits per heavy atom. The summed E-state index contributed by atoms with van der Waals surface area (Å²) in [6.45, 7) is 6.88. The van der Waals surface area contributed by atoms with E-state index in [0.29, 0.717) is 33.8 Å². The first-order chi connectivity index (χ1) is 15.1. The molecule has 3 aromatic carbocycles. The number of benzene rings is 3. The SMILES string of the molecule is COc1cc(O)cc(C)c1Cc1c(O)cc(C)c2c1Oc1c(C)cc(O)c(C)c1OC2=O. The lowest BCUT2D eigenvalue weighted by Gasteiger charge is -2.19. The van der Waals surface area contributed by atoms with Crippen LogP contribution in [0.4, 0.5) is 0 Å². The quantitative estimate of drug-likeness (QED) is 0.394. The van der Waals surface area contributed by atoms with Gasteiger partial charge >= 0.3 is 5.97 Å². The molecule has 0 aliphatic carbocycles. The van der Waals surface area contributed by atoms with Crippen molar-refractivity contribution in [1.82, 2.24) is 0 Å². The predicted octanol–water partition coefficient (Wildman–Crippen LogP) is 4.96. The molecule has 1 heterocycles. The maximum atomic E-state index is 13.1. The van der Waals surface area contributed by atoms with Crippen LogP contribution in [0.5, 0.6) is 40.2 Å². The minimum atomic E-state index is -0.639. The molecular formula is C25H24O7. The van der Waals surface area contributed by atoms with E-state index in [1.54, 1.807) is 26.8 Å². The Bertz CT molecular complexity index is 1270. The molecule has 0 bridgehead atoms. The number of carbonyl (C=O) groups excluding carboxylic acids is 1. The summed E-state index contributed by atoms with van der Waals surface area (Å²) in [6, 6.07) is 6.12. The number of aromatic hydroxyl groups is 3. The number of methoxy groups -OCH3 is 1. The molecule has 4 rings (SSSR count). The van der Waals surface area contributed by atoms with Crippen LogP contribution in [0, 0.1) is 27.7 Å². The van der Waals surface area contributed by atoms with Crippen molar-refractivity contribution in [1.29, 1.82) is 0 Å². The van der Waals surface area contributed by atoms with Gasteiger partial charge < -0.3 is 29.5 Å². The van der Waals surface area contributed by atoms with Gasteiger partial charge in [-0.3, -0.25) is 0 Å². The third-order valence-corrected chi connectivity index (χ3v) is 5.79. The second-order valence-corrected chi connectivity index (χ2v) is 8.00. The predicted molar refractivity (Wildman–Crippen MR) is 118 cm³/mol. The third-order valence-electron chi connectivity index (χ3n) is 5.79. The van der Waals surface area contributed by atoms with Crippen LogP contribution >= 0.6 is 0 Å². The average Bonchev–Trinajstić information content (AvgIpc) is 2.87. The van der Waals surface area contributed by atoms with E-state index in [2.05, 4.69) is 0 Å². The summed E-state index contributed by atoms with van der Waals surface area (Å²) in [4.78, 5) is 13.1. The molecule has 166 valence electrons. The Hall–Kier alpha value is -3.87. The fraction of sp³-hybridized carbons (Fsp3) is 0.240. The number of carbonyl (C=O) groups is 1. The highest BCUT2D eigenvalue weighted by atomic mass is 16.6. The van der Waals surface area contributed by atoms with E-state index in [1.165, 1.54) is 25.3 Å². The lowest BCUT2D eigenvalue weighted by Crippen LogP contribution is -2.11. The maximum absolute atomic E-state index is 13.1. The smallest absolute Gasteiger partial charge is 0.347 e. The number of phenols is 3. The molecule has 0 spiro atoms. The van der Waals surface area contributed by atoms with E-state index in [0.717, 1.165) is 11.1 Å². The Morgan fingerprint density at radius 3 is 2.16 bits per heavy atom. The zero-order valence-corrected chi connectivity index (χ0v) is 18.5. The molecule has 0 amide bonds. The van der Waals surface area contributed by atoms with Crippen molar-refractivity contribution < 1.29 is 34.3 Å². The highest BCUT2D eigenvalue weighted by molar-refractivity contribution is 5.98. The first-order valence-electron chi connectivity index (χ1n) is 10.1. The van der Waals surface area contributed by atoms with Crippen LogP contribution in [0.1, 0.15) is 43.7 Å². The second kappa shape index (κ2) is 7.67. The van der Waals surface area contributed by atoms with Crippen molar-refractivity contribution in [2.75, 3.05) is 7.11 Å². The third kappa shape index (κ3) is 3.36. The van der Waals surface area contributed by atoms with Crippen molar-refractivity contribution in [3.8, 4) is 40.2 Å². The van der Waals surface area contributed by atoms with E-state index < -0.39 is 5.97 Å². The van der Waals surface area contributed by atoms with Crippen molar-refractivity contribution in [2.24, 2.45) is 0 Å². The van der Waals surface area contributed by atoms with Crippen LogP contribution < -0.4 is 14.2 Å². The van der Waals surface area contributed by atoms with Crippen molar-refractivity contribution in [2.45, 2.75) is 34.1 Å². The molecule has 0 unspecified atom stereocenters. The molecule has 7 nitrogen and oxygen atoms in total. The molecule has 32 heavy (non-hydrogen) atoms. The summed E-state index contributed by atoms with van der Waals surface area (Å²) in [5.41, 5.74) is 3.51. The monoisotopic (exact) mass is 436 g/mol. The van der Waals surface area contributed by atoms with Gasteiger partial charge in [-0.25, -0.2) is 4.79 Å². The minimum Gasteiger partial charge on any atom is -0.508 e. The van der Waals surface area contributed by atoms with Crippen LogP contribution in [0.2, 0.25) is 0 Å². The number of fused-ring (bicyclic) bond motifs is 2. The van der Waals surface area contributed by atoms with Gasteiger partial charge in [0.25, 0.3) is 0 Å². The van der Waals surface area contributed by atoms with Crippen molar-refractivity contribution in [3.05, 3.63) is 63.2 Å². The fourth-order valence-electron chi connectivity index (χ4n) is 4.04. The van der Waals surface area contributed by atoms with Gasteiger partial charge in [-0.15, -0.1) is 0 Å². The molecule has 7 heteroatoms. The van der Waals surface area contributed by atoms with Gasteiger partial charge in [0, 0.05) is 29.2 Å². The number of esters is 1. The molecule has 0 aromatic heterocycles. The highest BCUT2D eigenvalue weighted by Gasteiger charge is 2.32. The zero-order chi connectivity index (χ0) is 23.3. The molecule has 0 saturated heterocycles. The standard InChI is InChI=1S/C25H24O7/c1-11-6-15(26)9-20(30-5)16(11)10-17-19(28)7-12(2)21-24(17)31-22-13(3)8-18(27)14(4)23(22)32-25(21)29/h6-9,26-28H,10H2,1-5H3. The van der Waals surface area contributed by atoms with Gasteiger partial charge in [-0.05, 0) is 62.6 Å². The van der Waals surface area contributed by atoms with Gasteiger partial charge in [0.15, 0.2) is 11.5 Å². The number of phenolic OH excluding ortho intramolecular Hbond substituents is 3. The van der Waals surface area contributed by atoms with Gasteiger partial charge in [0.2, 0.25) is 0 Å². The molecule has 3 aromatic rings. The number of hydrogen-bond acceptors (Lipinski definition) is 7. The first kappa shape index (κ1) is 21.4. The summed E-state index contributed by atoms with van der Waals surface area (Å²) in [7, 11) is 1.50. The Labute approximate surface area is 185 Å². The van der Waals surface area contributed by atoms with Gasteiger partial charge in [-0.1, -0.05) is 0 Å². The fourth-order valence-corrected chi connectivity index (χ4v) is 4.04. The first-order valence-corrected chi connectivity index (χ1v) is 10.1. The van der Waals surface area contributed by atoms with Crippen LogP contribution in [-0.4, -0.2) is 28.4 Å². The summed E-state index contributed by atoms with van der Waals surface area (Å²) in [5, 5.41) is 31.0. The van der Waals surface area contributed by atoms with Crippen molar-refractivity contribution in [3.63, 3.8) is 0 Å². The zero-order valence-electron chi connectivity index (χ0n) is 18.5. The molecule has 0 radical (unpaired) electrons. The summed E-state index contributed by atoms with van der Waals surface area (Å²) in [5.74, 6) is 0.460. The molecule has 0 fully saturated rings. The highest BCUT2D eigenvalue weighted by Crippen LogP contribution is 2.49. The summed E-state index contributed by atoms with van der Waals surface area (Å²) >= 11 is 0. The van der Waals surface area contributed by atoms with Crippen LogP contribution in [0.15, 0.2) is 24.3 Å². The number of aryl methyl sites for hydroxylation is 3. The lowest BCUT2D eigenvalue weighted by atomic mass is 9.94. The van der Waals surface area contributed by atoms with Crippen LogP contribution in [-0.2, 0) is 6.42 Å². The van der Waals surface area contributed by atoms with Gasteiger partial charge in [0.05, 0.1) is 7.11 Å². The molecule has 0 saturated carbocycles. The summed E-state index contributed by atoms with van der Waals surface area (Å²) < 4.78 is 17.3. The Balaban J connectivity index is 1.96. The Kier molecular flexibility index (Phi) is 5.12.